The van der Waals surface area contributed by atoms with Gasteiger partial charge in [0.05, 0.1) is 29.0 Å². The van der Waals surface area contributed by atoms with E-state index in [1.807, 2.05) is 37.1 Å². The van der Waals surface area contributed by atoms with E-state index in [0.717, 1.165) is 16.6 Å². The molecule has 0 spiro atoms. The molecule has 0 bridgehead atoms. The van der Waals surface area contributed by atoms with Gasteiger partial charge in [-0.25, -0.2) is 8.42 Å². The van der Waals surface area contributed by atoms with Crippen molar-refractivity contribution in [2.45, 2.75) is 30.9 Å². The maximum atomic E-state index is 12.7. The summed E-state index contributed by atoms with van der Waals surface area (Å²) in [7, 11) is -2.31. The van der Waals surface area contributed by atoms with Crippen LogP contribution >= 0.6 is 7.14 Å². The highest BCUT2D eigenvalue weighted by Gasteiger charge is 2.23. The first kappa shape index (κ1) is 27.8. The normalized spacial score (nSPS) is 13.1. The van der Waals surface area contributed by atoms with Crippen molar-refractivity contribution < 1.29 is 18.1 Å². The number of aryl methyl sites for hydroxylation is 1. The summed E-state index contributed by atoms with van der Waals surface area (Å²) in [5.74, 6) is 0.356. The van der Waals surface area contributed by atoms with Gasteiger partial charge in [-0.2, -0.15) is 0 Å². The Morgan fingerprint density at radius 2 is 1.76 bits per heavy atom. The van der Waals surface area contributed by atoms with Crippen LogP contribution < -0.4 is 21.3 Å². The number of rotatable bonds is 11. The van der Waals surface area contributed by atoms with E-state index in [1.54, 1.807) is 58.5 Å². The molecule has 0 unspecified atom stereocenters. The van der Waals surface area contributed by atoms with Crippen molar-refractivity contribution in [3.63, 3.8) is 0 Å². The number of hydrogen-bond donors (Lipinski definition) is 4. The lowest BCUT2D eigenvalue weighted by atomic mass is 10.2. The Balaban J connectivity index is 2.13. The standard InChI is InChI=1S/C24H37N4O4PS/c1-17(2)34(31,32)23-11-9-8-10-21(23)27-24(25-4)22(29)15-28(5)16-26-20-13-12-19(14-18(20)3)33(6,7)30/h8-14,17,25-27,29H,15-16H2,1-7H3/b24-22-. The van der Waals surface area contributed by atoms with Crippen molar-refractivity contribution in [1.82, 2.24) is 10.2 Å². The summed E-state index contributed by atoms with van der Waals surface area (Å²) in [6.45, 7) is 9.41. The van der Waals surface area contributed by atoms with Gasteiger partial charge >= 0.3 is 0 Å². The zero-order valence-electron chi connectivity index (χ0n) is 21.0. The van der Waals surface area contributed by atoms with Crippen molar-refractivity contribution in [2.75, 3.05) is 51.3 Å². The monoisotopic (exact) mass is 508 g/mol. The van der Waals surface area contributed by atoms with Crippen LogP contribution in [0.5, 0.6) is 0 Å². The number of benzene rings is 2. The molecule has 0 amide bonds. The van der Waals surface area contributed by atoms with Crippen LogP contribution in [0.1, 0.15) is 19.4 Å². The molecule has 0 heterocycles. The molecular formula is C24H37N4O4PS. The third-order valence-electron chi connectivity index (χ3n) is 5.40. The summed E-state index contributed by atoms with van der Waals surface area (Å²) < 4.78 is 37.7. The molecule has 10 heteroatoms. The molecule has 2 aromatic rings. The smallest absolute Gasteiger partial charge is 0.182 e. The molecule has 0 saturated carbocycles. The van der Waals surface area contributed by atoms with Crippen molar-refractivity contribution >= 4 is 33.7 Å². The van der Waals surface area contributed by atoms with E-state index < -0.39 is 22.2 Å². The highest BCUT2D eigenvalue weighted by molar-refractivity contribution is 7.92. The van der Waals surface area contributed by atoms with Crippen LogP contribution in [0.25, 0.3) is 0 Å². The number of nitrogens with one attached hydrogen (secondary N) is 3. The molecule has 4 N–H and O–H groups in total. The molecule has 0 radical (unpaired) electrons. The average Bonchev–Trinajstić information content (AvgIpc) is 2.75. The fourth-order valence-corrected chi connectivity index (χ4v) is 5.42. The number of aliphatic hydroxyl groups excluding tert-OH is 1. The molecule has 0 atom stereocenters. The summed E-state index contributed by atoms with van der Waals surface area (Å²) in [5, 5.41) is 20.3. The molecule has 8 nitrogen and oxygen atoms in total. The number of sulfone groups is 1. The van der Waals surface area contributed by atoms with Gasteiger partial charge in [0, 0.05) is 18.0 Å². The van der Waals surface area contributed by atoms with Gasteiger partial charge in [-0.05, 0) is 77.0 Å². The molecule has 2 aromatic carbocycles. The molecule has 0 aliphatic rings. The zero-order chi connectivity index (χ0) is 25.7. The number of hydrogen-bond acceptors (Lipinski definition) is 8. The third-order valence-corrected chi connectivity index (χ3v) is 9.14. The molecule has 0 saturated heterocycles. The van der Waals surface area contributed by atoms with Crippen molar-refractivity contribution in [1.29, 1.82) is 0 Å². The van der Waals surface area contributed by atoms with E-state index in [4.69, 9.17) is 0 Å². The Morgan fingerprint density at radius 3 is 2.32 bits per heavy atom. The Morgan fingerprint density at radius 1 is 1.12 bits per heavy atom. The SMILES string of the molecule is CN/C(Nc1ccccc1S(=O)(=O)C(C)C)=C(/O)CN(C)CNc1ccc(P(C)(C)=O)cc1C. The highest BCUT2D eigenvalue weighted by Crippen LogP contribution is 2.35. The second-order valence-electron chi connectivity index (χ2n) is 8.99. The van der Waals surface area contributed by atoms with Gasteiger partial charge in [-0.15, -0.1) is 0 Å². The van der Waals surface area contributed by atoms with Crippen molar-refractivity contribution in [3.8, 4) is 0 Å². The van der Waals surface area contributed by atoms with Gasteiger partial charge in [-0.1, -0.05) is 12.1 Å². The van der Waals surface area contributed by atoms with E-state index in [2.05, 4.69) is 16.0 Å². The Labute approximate surface area is 203 Å². The third kappa shape index (κ3) is 7.01. The minimum absolute atomic E-state index is 0.0357. The number of anilines is 2. The predicted octanol–water partition coefficient (Wildman–Crippen LogP) is 3.78. The Kier molecular flexibility index (Phi) is 9.22. The fraction of sp³-hybridized carbons (Fsp3) is 0.417. The van der Waals surface area contributed by atoms with Crippen LogP contribution in [0.3, 0.4) is 0 Å². The quantitative estimate of drug-likeness (QED) is 0.206. The lowest BCUT2D eigenvalue weighted by molar-refractivity contribution is 0.295. The molecule has 2 rings (SSSR count). The molecule has 34 heavy (non-hydrogen) atoms. The summed E-state index contributed by atoms with van der Waals surface area (Å²) in [6.07, 6.45) is 0. The predicted molar refractivity (Wildman–Crippen MR) is 142 cm³/mol. The van der Waals surface area contributed by atoms with E-state index in [9.17, 15) is 18.1 Å². The van der Waals surface area contributed by atoms with E-state index in [1.165, 1.54) is 0 Å². The molecule has 0 fully saturated rings. The lowest BCUT2D eigenvalue weighted by Gasteiger charge is -2.22. The van der Waals surface area contributed by atoms with Crippen LogP contribution in [-0.4, -0.2) is 64.3 Å². The van der Waals surface area contributed by atoms with Crippen molar-refractivity contribution in [2.24, 2.45) is 0 Å². The van der Waals surface area contributed by atoms with Crippen LogP contribution in [0, 0.1) is 6.92 Å². The van der Waals surface area contributed by atoms with Crippen LogP contribution in [0.15, 0.2) is 58.9 Å². The van der Waals surface area contributed by atoms with Gasteiger partial charge in [0.1, 0.15) is 18.7 Å². The zero-order valence-corrected chi connectivity index (χ0v) is 22.7. The summed E-state index contributed by atoms with van der Waals surface area (Å²) >= 11 is 0. The second-order valence-corrected chi connectivity index (χ2v) is 14.7. The lowest BCUT2D eigenvalue weighted by Crippen LogP contribution is -2.30. The minimum atomic E-state index is -3.50. The molecular weight excluding hydrogens is 471 g/mol. The Hall–Kier alpha value is -2.48. The number of para-hydroxylation sites is 1. The van der Waals surface area contributed by atoms with Gasteiger partial charge in [0.2, 0.25) is 0 Å². The van der Waals surface area contributed by atoms with Gasteiger partial charge in [0.25, 0.3) is 0 Å². The first-order valence-corrected chi connectivity index (χ1v) is 15.2. The largest absolute Gasteiger partial charge is 0.507 e. The maximum Gasteiger partial charge on any atom is 0.182 e. The van der Waals surface area contributed by atoms with Gasteiger partial charge in [-0.3, -0.25) is 4.90 Å². The minimum Gasteiger partial charge on any atom is -0.507 e. The van der Waals surface area contributed by atoms with Gasteiger partial charge < -0.3 is 25.6 Å². The fourth-order valence-electron chi connectivity index (χ4n) is 3.28. The van der Waals surface area contributed by atoms with E-state index in [-0.39, 0.29) is 17.2 Å². The summed E-state index contributed by atoms with van der Waals surface area (Å²) in [5.41, 5.74) is 2.31. The average molecular weight is 509 g/mol. The summed E-state index contributed by atoms with van der Waals surface area (Å²) in [6, 6.07) is 12.4. The second kappa shape index (κ2) is 11.3. The molecule has 0 aliphatic carbocycles. The van der Waals surface area contributed by atoms with Crippen LogP contribution in [-0.2, 0) is 14.4 Å². The van der Waals surface area contributed by atoms with E-state index in [0.29, 0.717) is 18.2 Å². The number of nitrogens with zero attached hydrogens (tertiary/aromatic N) is 1. The van der Waals surface area contributed by atoms with Crippen molar-refractivity contribution in [3.05, 3.63) is 59.6 Å². The molecule has 188 valence electrons. The number of aliphatic hydroxyl groups is 1. The topological polar surface area (TPSA) is 111 Å². The van der Waals surface area contributed by atoms with Crippen LogP contribution in [0.4, 0.5) is 11.4 Å². The summed E-state index contributed by atoms with van der Waals surface area (Å²) in [4.78, 5) is 2.06. The maximum absolute atomic E-state index is 12.7. The van der Waals surface area contributed by atoms with Gasteiger partial charge in [0.15, 0.2) is 9.84 Å². The first-order chi connectivity index (χ1) is 15.8. The molecule has 0 aliphatic heterocycles. The first-order valence-electron chi connectivity index (χ1n) is 11.1. The Bertz CT molecular complexity index is 1190. The molecule has 0 aromatic heterocycles. The van der Waals surface area contributed by atoms with Crippen LogP contribution in [0.2, 0.25) is 0 Å². The number of likely N-dealkylation sites (N-methyl/N-ethyl adjacent to an activating group) is 1. The highest BCUT2D eigenvalue weighted by atomic mass is 32.2. The van der Waals surface area contributed by atoms with E-state index >= 15 is 0 Å².